The third kappa shape index (κ3) is 2.33. The Morgan fingerprint density at radius 1 is 1.36 bits per heavy atom. The average Bonchev–Trinajstić information content (AvgIpc) is 2.71. The molecule has 4 nitrogen and oxygen atoms in total. The van der Waals surface area contributed by atoms with Crippen molar-refractivity contribution < 1.29 is 14.0 Å². The monoisotopic (exact) mass is 323 g/mol. The molecule has 1 amide bonds. The van der Waals surface area contributed by atoms with Crippen molar-refractivity contribution in [3.05, 3.63) is 12.2 Å². The predicted molar refractivity (Wildman–Crippen MR) is 89.4 cm³/mol. The Hall–Kier alpha value is -0.813. The molecule has 5 heteroatoms. The molecule has 3 rings (SSSR count). The van der Waals surface area contributed by atoms with Gasteiger partial charge in [-0.05, 0) is 43.8 Å². The van der Waals surface area contributed by atoms with E-state index in [0.29, 0.717) is 0 Å². The first-order valence-electron chi connectivity index (χ1n) is 8.50. The Morgan fingerprint density at radius 2 is 2.09 bits per heavy atom. The highest BCUT2D eigenvalue weighted by Gasteiger charge is 2.59. The van der Waals surface area contributed by atoms with Gasteiger partial charge in [0.1, 0.15) is 6.10 Å². The van der Waals surface area contributed by atoms with E-state index in [2.05, 4.69) is 46.0 Å². The molecule has 124 valence electrons. The lowest BCUT2D eigenvalue weighted by Crippen LogP contribution is -2.59. The molecule has 2 heterocycles. The Labute approximate surface area is 135 Å². The molecule has 0 N–H and O–H groups in total. The van der Waals surface area contributed by atoms with Crippen molar-refractivity contribution in [2.75, 3.05) is 6.54 Å². The first kappa shape index (κ1) is 16.1. The van der Waals surface area contributed by atoms with E-state index in [1.807, 2.05) is 4.90 Å². The van der Waals surface area contributed by atoms with Crippen LogP contribution >= 0.6 is 0 Å². The maximum Gasteiger partial charge on any atom is 0.410 e. The van der Waals surface area contributed by atoms with Crippen LogP contribution in [-0.2, 0) is 9.16 Å². The summed E-state index contributed by atoms with van der Waals surface area (Å²) in [5, 5.41) is 0.153. The van der Waals surface area contributed by atoms with Crippen molar-refractivity contribution in [1.82, 2.24) is 4.90 Å². The normalized spacial score (nSPS) is 35.1. The first-order chi connectivity index (χ1) is 10.2. The summed E-state index contributed by atoms with van der Waals surface area (Å²) < 4.78 is 12.4. The second kappa shape index (κ2) is 5.10. The van der Waals surface area contributed by atoms with Crippen molar-refractivity contribution in [1.29, 1.82) is 0 Å². The summed E-state index contributed by atoms with van der Waals surface area (Å²) in [5.74, 6) is 0. The molecule has 22 heavy (non-hydrogen) atoms. The van der Waals surface area contributed by atoms with Crippen LogP contribution in [0.15, 0.2) is 12.2 Å². The minimum Gasteiger partial charge on any atom is -0.440 e. The zero-order valence-electron chi connectivity index (χ0n) is 14.5. The summed E-state index contributed by atoms with van der Waals surface area (Å²) in [4.78, 5) is 14.3. The van der Waals surface area contributed by atoms with Crippen LogP contribution in [0.4, 0.5) is 4.79 Å². The Kier molecular flexibility index (Phi) is 3.72. The molecule has 0 saturated carbocycles. The zero-order valence-corrected chi connectivity index (χ0v) is 15.5. The van der Waals surface area contributed by atoms with E-state index in [4.69, 9.17) is 9.16 Å². The van der Waals surface area contributed by atoms with Crippen molar-refractivity contribution in [2.24, 2.45) is 0 Å². The van der Waals surface area contributed by atoms with Gasteiger partial charge in [-0.3, -0.25) is 4.90 Å². The highest BCUT2D eigenvalue weighted by molar-refractivity contribution is 6.74. The molecule has 0 aromatic carbocycles. The quantitative estimate of drug-likeness (QED) is 0.568. The molecule has 2 saturated heterocycles. The Balaban J connectivity index is 1.87. The summed E-state index contributed by atoms with van der Waals surface area (Å²) in [7, 11) is -1.90. The van der Waals surface area contributed by atoms with E-state index in [1.165, 1.54) is 6.42 Å². The van der Waals surface area contributed by atoms with Crippen LogP contribution in [0.25, 0.3) is 0 Å². The van der Waals surface area contributed by atoms with E-state index in [-0.39, 0.29) is 28.9 Å². The summed E-state index contributed by atoms with van der Waals surface area (Å²) in [6, 6.07) is 0. The molecular formula is C17H29NO3Si. The lowest BCUT2D eigenvalue weighted by Gasteiger charge is -2.48. The molecule has 2 aliphatic heterocycles. The summed E-state index contributed by atoms with van der Waals surface area (Å²) in [6.45, 7) is 12.1. The number of carbonyl (C=O) groups excluding carboxylic acids is 1. The smallest absolute Gasteiger partial charge is 0.410 e. The van der Waals surface area contributed by atoms with Gasteiger partial charge in [-0.25, -0.2) is 4.79 Å². The summed E-state index contributed by atoms with van der Waals surface area (Å²) in [6.07, 6.45) is 8.14. The maximum atomic E-state index is 12.3. The Bertz CT molecular complexity index is 497. The van der Waals surface area contributed by atoms with Crippen LogP contribution < -0.4 is 0 Å². The van der Waals surface area contributed by atoms with Crippen molar-refractivity contribution in [2.45, 2.75) is 82.3 Å². The molecule has 3 atom stereocenters. The van der Waals surface area contributed by atoms with Crippen LogP contribution in [0.5, 0.6) is 0 Å². The second-order valence-electron chi connectivity index (χ2n) is 8.49. The van der Waals surface area contributed by atoms with Gasteiger partial charge in [0, 0.05) is 6.54 Å². The number of amides is 1. The van der Waals surface area contributed by atoms with Gasteiger partial charge < -0.3 is 9.16 Å². The van der Waals surface area contributed by atoms with Crippen LogP contribution in [0, 0.1) is 0 Å². The number of ether oxygens (including phenoxy) is 1. The SMILES string of the molecule is CC(C)(C)[Si](C)(C)O[C@H]1C=CC[C@@]23CCCCN2C(=O)O[C@@H]13. The molecule has 3 aliphatic rings. The fourth-order valence-electron chi connectivity index (χ4n) is 3.74. The van der Waals surface area contributed by atoms with Gasteiger partial charge in [-0.15, -0.1) is 0 Å². The molecule has 1 aliphatic carbocycles. The molecule has 2 fully saturated rings. The molecule has 0 bridgehead atoms. The van der Waals surface area contributed by atoms with Gasteiger partial charge in [-0.1, -0.05) is 32.9 Å². The van der Waals surface area contributed by atoms with Crippen molar-refractivity contribution in [3.63, 3.8) is 0 Å². The van der Waals surface area contributed by atoms with Crippen molar-refractivity contribution >= 4 is 14.4 Å². The topological polar surface area (TPSA) is 38.8 Å². The van der Waals surface area contributed by atoms with Gasteiger partial charge in [0.15, 0.2) is 14.4 Å². The molecule has 0 aromatic rings. The molecule has 0 radical (unpaired) electrons. The molecular weight excluding hydrogens is 294 g/mol. The number of piperidine rings is 1. The highest BCUT2D eigenvalue weighted by Crippen LogP contribution is 2.47. The summed E-state index contributed by atoms with van der Waals surface area (Å²) in [5.41, 5.74) is -0.156. The van der Waals surface area contributed by atoms with Gasteiger partial charge in [0.25, 0.3) is 0 Å². The minimum absolute atomic E-state index is 0.0957. The fourth-order valence-corrected chi connectivity index (χ4v) is 4.97. The third-order valence-corrected chi connectivity index (χ3v) is 10.6. The number of rotatable bonds is 2. The van der Waals surface area contributed by atoms with E-state index in [0.717, 1.165) is 25.8 Å². The number of hydrogen-bond acceptors (Lipinski definition) is 3. The predicted octanol–water partition coefficient (Wildman–Crippen LogP) is 4.08. The van der Waals surface area contributed by atoms with Gasteiger partial charge in [0.05, 0.1) is 5.54 Å². The average molecular weight is 324 g/mol. The molecule has 0 unspecified atom stereocenters. The number of nitrogens with zero attached hydrogens (tertiary/aromatic N) is 1. The lowest BCUT2D eigenvalue weighted by molar-refractivity contribution is -0.00578. The van der Waals surface area contributed by atoms with Gasteiger partial charge in [0.2, 0.25) is 0 Å². The second-order valence-corrected chi connectivity index (χ2v) is 13.2. The van der Waals surface area contributed by atoms with Crippen LogP contribution in [0.1, 0.15) is 46.5 Å². The van der Waals surface area contributed by atoms with E-state index < -0.39 is 8.32 Å². The number of hydrogen-bond donors (Lipinski definition) is 0. The summed E-state index contributed by atoms with van der Waals surface area (Å²) >= 11 is 0. The fraction of sp³-hybridized carbons (Fsp3) is 0.824. The van der Waals surface area contributed by atoms with Gasteiger partial charge in [-0.2, -0.15) is 0 Å². The Morgan fingerprint density at radius 3 is 2.77 bits per heavy atom. The first-order valence-corrected chi connectivity index (χ1v) is 11.4. The third-order valence-electron chi connectivity index (χ3n) is 6.09. The zero-order chi connectivity index (χ0) is 16.2. The van der Waals surface area contributed by atoms with E-state index in [1.54, 1.807) is 0 Å². The lowest BCUT2D eigenvalue weighted by atomic mass is 9.75. The van der Waals surface area contributed by atoms with Gasteiger partial charge >= 0.3 is 6.09 Å². The van der Waals surface area contributed by atoms with Crippen molar-refractivity contribution in [3.8, 4) is 0 Å². The highest BCUT2D eigenvalue weighted by atomic mass is 28.4. The van der Waals surface area contributed by atoms with Crippen LogP contribution in [-0.4, -0.2) is 43.6 Å². The standard InChI is InChI=1S/C17H29NO3Si/c1-16(2,3)22(4,5)21-13-9-8-11-17-10-6-7-12-18(17)15(19)20-14(13)17/h8-9,13-14H,6-7,10-12H2,1-5H3/t13-,14-,17+/m0/s1. The molecule has 0 aromatic heterocycles. The van der Waals surface area contributed by atoms with Crippen LogP contribution in [0.2, 0.25) is 18.1 Å². The minimum atomic E-state index is -1.90. The largest absolute Gasteiger partial charge is 0.440 e. The molecule has 1 spiro atoms. The van der Waals surface area contributed by atoms with Crippen LogP contribution in [0.3, 0.4) is 0 Å². The van der Waals surface area contributed by atoms with E-state index in [9.17, 15) is 4.79 Å². The maximum absolute atomic E-state index is 12.3. The van der Waals surface area contributed by atoms with E-state index >= 15 is 0 Å². The number of carbonyl (C=O) groups is 1.